The van der Waals surface area contributed by atoms with Crippen LogP contribution in [0.2, 0.25) is 10.0 Å². The fourth-order valence-corrected chi connectivity index (χ4v) is 2.65. The summed E-state index contributed by atoms with van der Waals surface area (Å²) in [6.45, 7) is 0. The van der Waals surface area contributed by atoms with Gasteiger partial charge in [-0.05, 0) is 49.2 Å². The second-order valence-electron chi connectivity index (χ2n) is 5.59. The second kappa shape index (κ2) is 5.55. The Morgan fingerprint density at radius 3 is 2.70 bits per heavy atom. The Bertz CT molecular complexity index is 916. The Hall–Kier alpha value is -2.04. The maximum atomic E-state index is 11.8. The molecule has 1 aromatic heterocycles. The molecule has 116 valence electrons. The van der Waals surface area contributed by atoms with Gasteiger partial charge < -0.3 is 9.73 Å². The smallest absolute Gasteiger partial charge is 0.227 e. The van der Waals surface area contributed by atoms with Gasteiger partial charge in [0.15, 0.2) is 5.58 Å². The Morgan fingerprint density at radius 2 is 1.96 bits per heavy atom. The van der Waals surface area contributed by atoms with Gasteiger partial charge in [-0.25, -0.2) is 4.98 Å². The number of oxazole rings is 1. The molecule has 0 spiro atoms. The van der Waals surface area contributed by atoms with Crippen LogP contribution in [0.25, 0.3) is 22.6 Å². The Labute approximate surface area is 142 Å². The molecule has 2 aromatic carbocycles. The van der Waals surface area contributed by atoms with E-state index >= 15 is 0 Å². The van der Waals surface area contributed by atoms with Crippen molar-refractivity contribution in [2.24, 2.45) is 5.92 Å². The molecule has 0 radical (unpaired) electrons. The number of fused-ring (bicyclic) bond motifs is 1. The third kappa shape index (κ3) is 2.92. The van der Waals surface area contributed by atoms with Gasteiger partial charge in [0.25, 0.3) is 0 Å². The van der Waals surface area contributed by atoms with E-state index in [9.17, 15) is 4.79 Å². The van der Waals surface area contributed by atoms with Crippen LogP contribution in [-0.2, 0) is 4.79 Å². The van der Waals surface area contributed by atoms with Crippen molar-refractivity contribution in [3.05, 3.63) is 46.4 Å². The number of rotatable bonds is 3. The predicted octanol–water partition coefficient (Wildman–Crippen LogP) is 5.15. The zero-order valence-corrected chi connectivity index (χ0v) is 13.5. The van der Waals surface area contributed by atoms with E-state index in [-0.39, 0.29) is 11.8 Å². The van der Waals surface area contributed by atoms with Crippen molar-refractivity contribution in [1.29, 1.82) is 0 Å². The summed E-state index contributed by atoms with van der Waals surface area (Å²) in [7, 11) is 0. The third-order valence-corrected chi connectivity index (χ3v) is 4.51. The van der Waals surface area contributed by atoms with Crippen molar-refractivity contribution in [2.45, 2.75) is 12.8 Å². The van der Waals surface area contributed by atoms with Gasteiger partial charge in [0, 0.05) is 17.2 Å². The van der Waals surface area contributed by atoms with E-state index in [1.807, 2.05) is 6.07 Å². The maximum absolute atomic E-state index is 11.8. The van der Waals surface area contributed by atoms with Crippen LogP contribution in [-0.4, -0.2) is 10.9 Å². The summed E-state index contributed by atoms with van der Waals surface area (Å²) >= 11 is 12.0. The molecule has 0 aliphatic heterocycles. The summed E-state index contributed by atoms with van der Waals surface area (Å²) < 4.78 is 5.74. The SMILES string of the molecule is O=C(Nc1ccc2oc(-c3ccc(Cl)c(Cl)c3)nc2c1)C1CC1. The zero-order valence-electron chi connectivity index (χ0n) is 12.0. The van der Waals surface area contributed by atoms with Gasteiger partial charge in [0.1, 0.15) is 5.52 Å². The molecule has 4 rings (SSSR count). The van der Waals surface area contributed by atoms with Crippen LogP contribution < -0.4 is 5.32 Å². The molecular formula is C17H12Cl2N2O2. The van der Waals surface area contributed by atoms with Crippen molar-refractivity contribution in [3.63, 3.8) is 0 Å². The molecule has 1 saturated carbocycles. The normalized spacial score (nSPS) is 14.2. The Morgan fingerprint density at radius 1 is 1.13 bits per heavy atom. The summed E-state index contributed by atoms with van der Waals surface area (Å²) in [6.07, 6.45) is 1.94. The first kappa shape index (κ1) is 14.5. The minimum absolute atomic E-state index is 0.0672. The predicted molar refractivity (Wildman–Crippen MR) is 90.8 cm³/mol. The highest BCUT2D eigenvalue weighted by atomic mass is 35.5. The topological polar surface area (TPSA) is 55.1 Å². The molecule has 0 atom stereocenters. The molecule has 6 heteroatoms. The summed E-state index contributed by atoms with van der Waals surface area (Å²) in [6, 6.07) is 10.6. The van der Waals surface area contributed by atoms with Crippen molar-refractivity contribution in [3.8, 4) is 11.5 Å². The molecule has 1 N–H and O–H groups in total. The fraction of sp³-hybridized carbons (Fsp3) is 0.176. The first-order chi connectivity index (χ1) is 11.1. The minimum Gasteiger partial charge on any atom is -0.436 e. The number of amides is 1. The van der Waals surface area contributed by atoms with Crippen molar-refractivity contribution in [1.82, 2.24) is 4.98 Å². The lowest BCUT2D eigenvalue weighted by molar-refractivity contribution is -0.117. The molecule has 1 fully saturated rings. The van der Waals surface area contributed by atoms with Gasteiger partial charge in [-0.2, -0.15) is 0 Å². The van der Waals surface area contributed by atoms with E-state index in [1.165, 1.54) is 0 Å². The van der Waals surface area contributed by atoms with E-state index in [0.29, 0.717) is 27.0 Å². The van der Waals surface area contributed by atoms with Gasteiger partial charge in [-0.3, -0.25) is 4.79 Å². The standard InChI is InChI=1S/C17H12Cl2N2O2/c18-12-5-3-10(7-13(12)19)17-21-14-8-11(4-6-15(14)23-17)20-16(22)9-1-2-9/h3-9H,1-2H2,(H,20,22). The number of nitrogens with zero attached hydrogens (tertiary/aromatic N) is 1. The van der Waals surface area contributed by atoms with E-state index in [1.54, 1.807) is 30.3 Å². The molecule has 0 bridgehead atoms. The third-order valence-electron chi connectivity index (χ3n) is 3.77. The van der Waals surface area contributed by atoms with Crippen molar-refractivity contribution < 1.29 is 9.21 Å². The molecule has 1 aliphatic rings. The van der Waals surface area contributed by atoms with Crippen LogP contribution in [0, 0.1) is 5.92 Å². The highest BCUT2D eigenvalue weighted by Crippen LogP contribution is 2.32. The lowest BCUT2D eigenvalue weighted by Crippen LogP contribution is -2.12. The average Bonchev–Trinajstić information content (AvgIpc) is 3.30. The molecule has 3 aromatic rings. The van der Waals surface area contributed by atoms with Gasteiger partial charge in [-0.1, -0.05) is 23.2 Å². The summed E-state index contributed by atoms with van der Waals surface area (Å²) in [5.74, 6) is 0.691. The van der Waals surface area contributed by atoms with Gasteiger partial charge in [-0.15, -0.1) is 0 Å². The number of hydrogen-bond acceptors (Lipinski definition) is 3. The largest absolute Gasteiger partial charge is 0.436 e. The zero-order chi connectivity index (χ0) is 16.0. The highest BCUT2D eigenvalue weighted by Gasteiger charge is 2.29. The van der Waals surface area contributed by atoms with Gasteiger partial charge >= 0.3 is 0 Å². The van der Waals surface area contributed by atoms with E-state index in [2.05, 4.69) is 10.3 Å². The molecule has 1 amide bonds. The van der Waals surface area contributed by atoms with Crippen molar-refractivity contribution >= 4 is 45.9 Å². The van der Waals surface area contributed by atoms with E-state index in [0.717, 1.165) is 24.1 Å². The average molecular weight is 347 g/mol. The van der Waals surface area contributed by atoms with Crippen LogP contribution in [0.15, 0.2) is 40.8 Å². The van der Waals surface area contributed by atoms with Gasteiger partial charge in [0.2, 0.25) is 11.8 Å². The Kier molecular flexibility index (Phi) is 3.51. The Balaban J connectivity index is 1.66. The van der Waals surface area contributed by atoms with Gasteiger partial charge in [0.05, 0.1) is 10.0 Å². The number of benzene rings is 2. The molecule has 4 nitrogen and oxygen atoms in total. The number of halogens is 2. The van der Waals surface area contributed by atoms with E-state index < -0.39 is 0 Å². The van der Waals surface area contributed by atoms with Crippen LogP contribution in [0.1, 0.15) is 12.8 Å². The lowest BCUT2D eigenvalue weighted by Gasteiger charge is -2.02. The lowest BCUT2D eigenvalue weighted by atomic mass is 10.2. The first-order valence-electron chi connectivity index (χ1n) is 7.27. The number of carbonyl (C=O) groups excluding carboxylic acids is 1. The number of hydrogen-bond donors (Lipinski definition) is 1. The number of aromatic nitrogens is 1. The number of anilines is 1. The van der Waals surface area contributed by atoms with E-state index in [4.69, 9.17) is 27.6 Å². The number of carbonyl (C=O) groups is 1. The molecule has 0 saturated heterocycles. The first-order valence-corrected chi connectivity index (χ1v) is 8.02. The molecule has 23 heavy (non-hydrogen) atoms. The molecule has 1 aliphatic carbocycles. The van der Waals surface area contributed by atoms with Crippen LogP contribution in [0.4, 0.5) is 5.69 Å². The van der Waals surface area contributed by atoms with Crippen LogP contribution in [0.5, 0.6) is 0 Å². The fourth-order valence-electron chi connectivity index (χ4n) is 2.35. The highest BCUT2D eigenvalue weighted by molar-refractivity contribution is 6.42. The monoisotopic (exact) mass is 346 g/mol. The molecular weight excluding hydrogens is 335 g/mol. The summed E-state index contributed by atoms with van der Waals surface area (Å²) in [5, 5.41) is 3.83. The van der Waals surface area contributed by atoms with Crippen LogP contribution >= 0.6 is 23.2 Å². The van der Waals surface area contributed by atoms with Crippen molar-refractivity contribution in [2.75, 3.05) is 5.32 Å². The molecule has 1 heterocycles. The molecule has 0 unspecified atom stereocenters. The summed E-state index contributed by atoms with van der Waals surface area (Å²) in [4.78, 5) is 16.3. The van der Waals surface area contributed by atoms with Crippen LogP contribution in [0.3, 0.4) is 0 Å². The summed E-state index contributed by atoms with van der Waals surface area (Å²) in [5.41, 5.74) is 2.80. The maximum Gasteiger partial charge on any atom is 0.227 e. The number of nitrogens with one attached hydrogen (secondary N) is 1. The minimum atomic E-state index is 0.0672. The second-order valence-corrected chi connectivity index (χ2v) is 6.41. The quantitative estimate of drug-likeness (QED) is 0.713.